The first-order valence-corrected chi connectivity index (χ1v) is 11.1. The van der Waals surface area contributed by atoms with E-state index >= 15 is 0 Å². The molecular weight excluding hydrogens is 388 g/mol. The summed E-state index contributed by atoms with van der Waals surface area (Å²) in [6, 6.07) is 12.4. The van der Waals surface area contributed by atoms with Gasteiger partial charge >= 0.3 is 0 Å². The van der Waals surface area contributed by atoms with E-state index in [1.807, 2.05) is 30.0 Å². The zero-order valence-electron chi connectivity index (χ0n) is 18.2. The van der Waals surface area contributed by atoms with Gasteiger partial charge in [0.1, 0.15) is 5.82 Å². The Kier molecular flexibility index (Phi) is 5.18. The highest BCUT2D eigenvalue weighted by Crippen LogP contribution is 2.29. The molecular formula is C24H28N6O. The number of aromatic nitrogens is 3. The summed E-state index contributed by atoms with van der Waals surface area (Å²) in [4.78, 5) is 33.9. The van der Waals surface area contributed by atoms with E-state index < -0.39 is 0 Å². The second-order valence-electron chi connectivity index (χ2n) is 8.46. The fourth-order valence-electron chi connectivity index (χ4n) is 4.66. The maximum atomic E-state index is 13.4. The summed E-state index contributed by atoms with van der Waals surface area (Å²) in [6.07, 6.45) is 2.29. The highest BCUT2D eigenvalue weighted by atomic mass is 16.2. The average Bonchev–Trinajstić information content (AvgIpc) is 3.33. The van der Waals surface area contributed by atoms with Crippen LogP contribution in [0.2, 0.25) is 0 Å². The molecule has 2 fully saturated rings. The molecule has 2 aliphatic heterocycles. The van der Waals surface area contributed by atoms with Crippen molar-refractivity contribution in [3.8, 4) is 0 Å². The second kappa shape index (κ2) is 8.13. The molecule has 0 bridgehead atoms. The summed E-state index contributed by atoms with van der Waals surface area (Å²) >= 11 is 0. The van der Waals surface area contributed by atoms with Gasteiger partial charge in [-0.1, -0.05) is 18.2 Å². The number of nitrogens with zero attached hydrogens (tertiary/aromatic N) is 6. The van der Waals surface area contributed by atoms with E-state index in [1.54, 1.807) is 0 Å². The lowest BCUT2D eigenvalue weighted by Crippen LogP contribution is -2.49. The molecule has 3 aromatic rings. The number of para-hydroxylation sites is 1. The van der Waals surface area contributed by atoms with Gasteiger partial charge in [-0.2, -0.15) is 0 Å². The summed E-state index contributed by atoms with van der Waals surface area (Å²) in [5.74, 6) is 1.02. The summed E-state index contributed by atoms with van der Waals surface area (Å²) in [5, 5.41) is 0.970. The number of piperazine rings is 1. The van der Waals surface area contributed by atoms with Crippen molar-refractivity contribution in [2.24, 2.45) is 0 Å². The SMILES string of the molecule is Cc1cc(C)c2c(N3CCCC3)nc(C(=O)N3CCN(c4ccccc4)CC3)nc2n1. The number of pyridine rings is 1. The molecule has 2 aromatic heterocycles. The van der Waals surface area contributed by atoms with Crippen molar-refractivity contribution in [3.05, 3.63) is 53.5 Å². The zero-order chi connectivity index (χ0) is 21.4. The number of hydrogen-bond donors (Lipinski definition) is 0. The molecule has 2 aliphatic rings. The molecule has 0 N–H and O–H groups in total. The molecule has 160 valence electrons. The third kappa shape index (κ3) is 3.80. The first kappa shape index (κ1) is 19.7. The number of hydrogen-bond acceptors (Lipinski definition) is 6. The normalized spacial score (nSPS) is 16.9. The molecule has 0 radical (unpaired) electrons. The van der Waals surface area contributed by atoms with Crippen LogP contribution in [0, 0.1) is 13.8 Å². The van der Waals surface area contributed by atoms with Gasteiger partial charge in [0, 0.05) is 50.6 Å². The van der Waals surface area contributed by atoms with E-state index in [-0.39, 0.29) is 11.7 Å². The van der Waals surface area contributed by atoms with Crippen LogP contribution >= 0.6 is 0 Å². The third-order valence-electron chi connectivity index (χ3n) is 6.26. The van der Waals surface area contributed by atoms with Crippen LogP contribution in [-0.4, -0.2) is 65.0 Å². The Morgan fingerprint density at radius 3 is 2.26 bits per heavy atom. The van der Waals surface area contributed by atoms with Gasteiger partial charge in [0.05, 0.1) is 5.39 Å². The number of amides is 1. The van der Waals surface area contributed by atoms with Crippen LogP contribution in [0.1, 0.15) is 34.7 Å². The zero-order valence-corrected chi connectivity index (χ0v) is 18.2. The van der Waals surface area contributed by atoms with Crippen molar-refractivity contribution in [2.45, 2.75) is 26.7 Å². The highest BCUT2D eigenvalue weighted by molar-refractivity contribution is 5.97. The summed E-state index contributed by atoms with van der Waals surface area (Å²) in [6.45, 7) is 8.89. The molecule has 0 atom stereocenters. The molecule has 2 saturated heterocycles. The molecule has 7 heteroatoms. The van der Waals surface area contributed by atoms with Gasteiger partial charge in [-0.05, 0) is 50.5 Å². The average molecular weight is 417 g/mol. The van der Waals surface area contributed by atoms with Gasteiger partial charge in [0.25, 0.3) is 5.91 Å². The van der Waals surface area contributed by atoms with E-state index in [2.05, 4.69) is 44.9 Å². The van der Waals surface area contributed by atoms with Crippen molar-refractivity contribution >= 4 is 28.4 Å². The minimum absolute atomic E-state index is 0.101. The standard InChI is InChI=1S/C24H28N6O/c1-17-16-18(2)25-21-20(17)23(29-10-6-7-11-29)27-22(26-21)24(31)30-14-12-28(13-15-30)19-8-4-3-5-9-19/h3-5,8-9,16H,6-7,10-15H2,1-2H3. The van der Waals surface area contributed by atoms with Gasteiger partial charge in [-0.15, -0.1) is 0 Å². The molecule has 4 heterocycles. The number of carbonyl (C=O) groups is 1. The van der Waals surface area contributed by atoms with Crippen molar-refractivity contribution in [1.82, 2.24) is 19.9 Å². The number of benzene rings is 1. The maximum absolute atomic E-state index is 13.4. The minimum Gasteiger partial charge on any atom is -0.368 e. The monoisotopic (exact) mass is 416 g/mol. The van der Waals surface area contributed by atoms with Crippen LogP contribution in [0.15, 0.2) is 36.4 Å². The van der Waals surface area contributed by atoms with Crippen LogP contribution in [-0.2, 0) is 0 Å². The van der Waals surface area contributed by atoms with E-state index in [0.717, 1.165) is 61.5 Å². The number of anilines is 2. The Hall–Kier alpha value is -3.22. The van der Waals surface area contributed by atoms with Crippen molar-refractivity contribution in [2.75, 3.05) is 49.1 Å². The molecule has 0 saturated carbocycles. The van der Waals surface area contributed by atoms with Crippen molar-refractivity contribution in [1.29, 1.82) is 0 Å². The molecule has 0 spiro atoms. The molecule has 31 heavy (non-hydrogen) atoms. The van der Waals surface area contributed by atoms with Gasteiger partial charge in [-0.25, -0.2) is 15.0 Å². The van der Waals surface area contributed by atoms with Crippen molar-refractivity contribution in [3.63, 3.8) is 0 Å². The van der Waals surface area contributed by atoms with Crippen LogP contribution in [0.4, 0.5) is 11.5 Å². The fraction of sp³-hybridized carbons (Fsp3) is 0.417. The Bertz CT molecular complexity index is 1100. The van der Waals surface area contributed by atoms with E-state index in [9.17, 15) is 4.79 Å². The van der Waals surface area contributed by atoms with Crippen molar-refractivity contribution < 1.29 is 4.79 Å². The molecule has 0 aliphatic carbocycles. The number of fused-ring (bicyclic) bond motifs is 1. The first-order chi connectivity index (χ1) is 15.1. The third-order valence-corrected chi connectivity index (χ3v) is 6.26. The van der Waals surface area contributed by atoms with Crippen LogP contribution in [0.3, 0.4) is 0 Å². The number of aryl methyl sites for hydroxylation is 2. The second-order valence-corrected chi connectivity index (χ2v) is 8.46. The summed E-state index contributed by atoms with van der Waals surface area (Å²) < 4.78 is 0. The van der Waals surface area contributed by atoms with Gasteiger partial charge in [-0.3, -0.25) is 4.79 Å². The fourth-order valence-corrected chi connectivity index (χ4v) is 4.66. The van der Waals surface area contributed by atoms with E-state index in [1.165, 1.54) is 5.69 Å². The van der Waals surface area contributed by atoms with Gasteiger partial charge < -0.3 is 14.7 Å². The molecule has 7 nitrogen and oxygen atoms in total. The number of carbonyl (C=O) groups excluding carboxylic acids is 1. The Morgan fingerprint density at radius 2 is 1.55 bits per heavy atom. The Balaban J connectivity index is 1.44. The van der Waals surface area contributed by atoms with Gasteiger partial charge in [0.2, 0.25) is 5.82 Å². The summed E-state index contributed by atoms with van der Waals surface area (Å²) in [7, 11) is 0. The smallest absolute Gasteiger partial charge is 0.291 e. The number of rotatable bonds is 3. The maximum Gasteiger partial charge on any atom is 0.291 e. The van der Waals surface area contributed by atoms with Crippen LogP contribution < -0.4 is 9.80 Å². The molecule has 1 amide bonds. The highest BCUT2D eigenvalue weighted by Gasteiger charge is 2.27. The lowest BCUT2D eigenvalue weighted by Gasteiger charge is -2.35. The Labute approximate surface area is 182 Å². The summed E-state index contributed by atoms with van der Waals surface area (Å²) in [5.41, 5.74) is 3.84. The Morgan fingerprint density at radius 1 is 0.839 bits per heavy atom. The predicted molar refractivity (Wildman–Crippen MR) is 123 cm³/mol. The van der Waals surface area contributed by atoms with Gasteiger partial charge in [0.15, 0.2) is 5.65 Å². The molecule has 5 rings (SSSR count). The largest absolute Gasteiger partial charge is 0.368 e. The molecule has 0 unspecified atom stereocenters. The molecule has 1 aromatic carbocycles. The minimum atomic E-state index is -0.101. The topological polar surface area (TPSA) is 65.5 Å². The first-order valence-electron chi connectivity index (χ1n) is 11.1. The predicted octanol–water partition coefficient (Wildman–Crippen LogP) is 3.20. The van der Waals surface area contributed by atoms with Crippen LogP contribution in [0.25, 0.3) is 11.0 Å². The quantitative estimate of drug-likeness (QED) is 0.653. The van der Waals surface area contributed by atoms with E-state index in [0.29, 0.717) is 18.7 Å². The van der Waals surface area contributed by atoms with E-state index in [4.69, 9.17) is 4.98 Å². The lowest BCUT2D eigenvalue weighted by molar-refractivity contribution is 0.0735. The lowest BCUT2D eigenvalue weighted by atomic mass is 10.1. The van der Waals surface area contributed by atoms with Crippen LogP contribution in [0.5, 0.6) is 0 Å².